The van der Waals surface area contributed by atoms with Gasteiger partial charge in [-0.25, -0.2) is 4.98 Å². The predicted molar refractivity (Wildman–Crippen MR) is 65.6 cm³/mol. The SMILES string of the molecule is CCC(C)C(=O)Nc1nc2c(s1)CNCC2. The number of aromatic nitrogens is 1. The molecule has 5 heteroatoms. The van der Waals surface area contributed by atoms with Crippen molar-refractivity contribution < 1.29 is 4.79 Å². The average Bonchev–Trinajstić information content (AvgIpc) is 2.69. The number of hydrogen-bond acceptors (Lipinski definition) is 4. The number of nitrogens with one attached hydrogen (secondary N) is 2. The van der Waals surface area contributed by atoms with Crippen LogP contribution in [0.15, 0.2) is 0 Å². The van der Waals surface area contributed by atoms with Crippen LogP contribution in [0.25, 0.3) is 0 Å². The molecule has 1 aliphatic rings. The van der Waals surface area contributed by atoms with Crippen molar-refractivity contribution in [2.45, 2.75) is 33.2 Å². The number of anilines is 1. The maximum atomic E-state index is 11.7. The lowest BCUT2D eigenvalue weighted by Crippen LogP contribution is -2.22. The molecule has 0 saturated heterocycles. The number of hydrogen-bond donors (Lipinski definition) is 2. The molecule has 0 aliphatic carbocycles. The van der Waals surface area contributed by atoms with Crippen LogP contribution in [-0.2, 0) is 17.8 Å². The third-order valence-electron chi connectivity index (χ3n) is 2.89. The molecule has 1 atom stereocenters. The van der Waals surface area contributed by atoms with Gasteiger partial charge in [-0.05, 0) is 6.42 Å². The van der Waals surface area contributed by atoms with Gasteiger partial charge >= 0.3 is 0 Å². The first-order valence-electron chi connectivity index (χ1n) is 5.71. The normalized spacial score (nSPS) is 16.6. The molecule has 1 amide bonds. The number of thiazole rings is 1. The van der Waals surface area contributed by atoms with Gasteiger partial charge in [0.15, 0.2) is 5.13 Å². The number of nitrogens with zero attached hydrogens (tertiary/aromatic N) is 1. The number of rotatable bonds is 3. The van der Waals surface area contributed by atoms with E-state index in [4.69, 9.17) is 0 Å². The molecule has 1 aliphatic heterocycles. The van der Waals surface area contributed by atoms with Gasteiger partial charge < -0.3 is 10.6 Å². The van der Waals surface area contributed by atoms with Crippen LogP contribution in [0.4, 0.5) is 5.13 Å². The van der Waals surface area contributed by atoms with Gasteiger partial charge in [0, 0.05) is 30.3 Å². The molecular weight excluding hydrogens is 222 g/mol. The largest absolute Gasteiger partial charge is 0.311 e. The summed E-state index contributed by atoms with van der Waals surface area (Å²) in [6.07, 6.45) is 1.82. The molecule has 16 heavy (non-hydrogen) atoms. The summed E-state index contributed by atoms with van der Waals surface area (Å²) in [5.41, 5.74) is 1.14. The van der Waals surface area contributed by atoms with Gasteiger partial charge in [-0.15, -0.1) is 11.3 Å². The number of fused-ring (bicyclic) bond motifs is 1. The van der Waals surface area contributed by atoms with E-state index in [0.717, 1.165) is 36.8 Å². The molecular formula is C11H17N3OS. The van der Waals surface area contributed by atoms with Crippen LogP contribution in [0.2, 0.25) is 0 Å². The lowest BCUT2D eigenvalue weighted by Gasteiger charge is -2.09. The van der Waals surface area contributed by atoms with E-state index in [1.807, 2.05) is 13.8 Å². The Morgan fingerprint density at radius 2 is 2.50 bits per heavy atom. The summed E-state index contributed by atoms with van der Waals surface area (Å²) in [5.74, 6) is 0.126. The fourth-order valence-electron chi connectivity index (χ4n) is 1.59. The Bertz CT molecular complexity index is 365. The first-order valence-corrected chi connectivity index (χ1v) is 6.52. The molecule has 88 valence electrons. The van der Waals surface area contributed by atoms with Crippen molar-refractivity contribution in [1.29, 1.82) is 0 Å². The van der Waals surface area contributed by atoms with E-state index in [1.54, 1.807) is 11.3 Å². The molecule has 0 aromatic carbocycles. The van der Waals surface area contributed by atoms with Crippen molar-refractivity contribution in [2.75, 3.05) is 11.9 Å². The van der Waals surface area contributed by atoms with Crippen LogP contribution < -0.4 is 10.6 Å². The third kappa shape index (κ3) is 2.41. The zero-order valence-electron chi connectivity index (χ0n) is 9.67. The Balaban J connectivity index is 2.05. The molecule has 2 heterocycles. The Labute approximate surface area is 99.5 Å². The molecule has 1 aromatic rings. The highest BCUT2D eigenvalue weighted by Crippen LogP contribution is 2.25. The fourth-order valence-corrected chi connectivity index (χ4v) is 2.57. The van der Waals surface area contributed by atoms with E-state index in [9.17, 15) is 4.79 Å². The van der Waals surface area contributed by atoms with Crippen LogP contribution in [0.1, 0.15) is 30.8 Å². The van der Waals surface area contributed by atoms with Gasteiger partial charge in [-0.2, -0.15) is 0 Å². The number of carbonyl (C=O) groups is 1. The van der Waals surface area contributed by atoms with Gasteiger partial charge in [0.2, 0.25) is 5.91 Å². The molecule has 0 bridgehead atoms. The first kappa shape index (κ1) is 11.5. The second-order valence-electron chi connectivity index (χ2n) is 4.11. The van der Waals surface area contributed by atoms with Crippen molar-refractivity contribution in [3.63, 3.8) is 0 Å². The maximum Gasteiger partial charge on any atom is 0.228 e. The highest BCUT2D eigenvalue weighted by Gasteiger charge is 2.17. The van der Waals surface area contributed by atoms with Crippen LogP contribution in [0, 0.1) is 5.92 Å². The Kier molecular flexibility index (Phi) is 3.56. The second-order valence-corrected chi connectivity index (χ2v) is 5.20. The van der Waals surface area contributed by atoms with Gasteiger partial charge in [0.05, 0.1) is 5.69 Å². The summed E-state index contributed by atoms with van der Waals surface area (Å²) in [5, 5.41) is 6.94. The molecule has 0 spiro atoms. The Hall–Kier alpha value is -0.940. The van der Waals surface area contributed by atoms with Gasteiger partial charge in [0.25, 0.3) is 0 Å². The minimum absolute atomic E-state index is 0.0547. The van der Waals surface area contributed by atoms with E-state index in [0.29, 0.717) is 0 Å². The lowest BCUT2D eigenvalue weighted by atomic mass is 10.1. The highest BCUT2D eigenvalue weighted by atomic mass is 32.1. The molecule has 2 N–H and O–H groups in total. The maximum absolute atomic E-state index is 11.7. The molecule has 1 unspecified atom stereocenters. The standard InChI is InChI=1S/C11H17N3OS/c1-3-7(2)10(15)14-11-13-8-4-5-12-6-9(8)16-11/h7,12H,3-6H2,1-2H3,(H,13,14,15). The van der Waals surface area contributed by atoms with Gasteiger partial charge in [-0.1, -0.05) is 13.8 Å². The number of carbonyl (C=O) groups excluding carboxylic acids is 1. The van der Waals surface area contributed by atoms with Crippen LogP contribution in [-0.4, -0.2) is 17.4 Å². The van der Waals surface area contributed by atoms with E-state index in [1.165, 1.54) is 4.88 Å². The smallest absolute Gasteiger partial charge is 0.228 e. The quantitative estimate of drug-likeness (QED) is 0.845. The van der Waals surface area contributed by atoms with E-state index in [-0.39, 0.29) is 11.8 Å². The molecule has 4 nitrogen and oxygen atoms in total. The van der Waals surface area contributed by atoms with Crippen LogP contribution >= 0.6 is 11.3 Å². The molecule has 2 rings (SSSR count). The topological polar surface area (TPSA) is 54.0 Å². The van der Waals surface area contributed by atoms with Crippen molar-refractivity contribution >= 4 is 22.4 Å². The van der Waals surface area contributed by atoms with Crippen molar-refractivity contribution in [3.8, 4) is 0 Å². The predicted octanol–water partition coefficient (Wildman–Crippen LogP) is 1.77. The first-order chi connectivity index (χ1) is 7.70. The summed E-state index contributed by atoms with van der Waals surface area (Å²) in [4.78, 5) is 17.4. The Morgan fingerprint density at radius 3 is 3.19 bits per heavy atom. The average molecular weight is 239 g/mol. The second kappa shape index (κ2) is 4.93. The van der Waals surface area contributed by atoms with Gasteiger partial charge in [-0.3, -0.25) is 4.79 Å². The minimum Gasteiger partial charge on any atom is -0.311 e. The van der Waals surface area contributed by atoms with E-state index in [2.05, 4.69) is 15.6 Å². The fraction of sp³-hybridized carbons (Fsp3) is 0.636. The third-order valence-corrected chi connectivity index (χ3v) is 3.91. The summed E-state index contributed by atoms with van der Waals surface area (Å²) < 4.78 is 0. The minimum atomic E-state index is 0.0547. The molecule has 0 fully saturated rings. The summed E-state index contributed by atoms with van der Waals surface area (Å²) in [7, 11) is 0. The monoisotopic (exact) mass is 239 g/mol. The van der Waals surface area contributed by atoms with E-state index < -0.39 is 0 Å². The summed E-state index contributed by atoms with van der Waals surface area (Å²) >= 11 is 1.59. The van der Waals surface area contributed by atoms with Crippen molar-refractivity contribution in [3.05, 3.63) is 10.6 Å². The highest BCUT2D eigenvalue weighted by molar-refractivity contribution is 7.15. The van der Waals surface area contributed by atoms with Crippen LogP contribution in [0.3, 0.4) is 0 Å². The van der Waals surface area contributed by atoms with Crippen molar-refractivity contribution in [1.82, 2.24) is 10.3 Å². The zero-order valence-corrected chi connectivity index (χ0v) is 10.5. The summed E-state index contributed by atoms with van der Waals surface area (Å²) in [6, 6.07) is 0. The Morgan fingerprint density at radius 1 is 1.69 bits per heavy atom. The summed E-state index contributed by atoms with van der Waals surface area (Å²) in [6.45, 7) is 5.81. The molecule has 0 saturated carbocycles. The van der Waals surface area contributed by atoms with Crippen molar-refractivity contribution in [2.24, 2.45) is 5.92 Å². The zero-order chi connectivity index (χ0) is 11.5. The molecule has 0 radical (unpaired) electrons. The number of amides is 1. The van der Waals surface area contributed by atoms with Gasteiger partial charge in [0.1, 0.15) is 0 Å². The lowest BCUT2D eigenvalue weighted by molar-refractivity contribution is -0.119. The van der Waals surface area contributed by atoms with Crippen LogP contribution in [0.5, 0.6) is 0 Å². The van der Waals surface area contributed by atoms with E-state index >= 15 is 0 Å². The molecule has 1 aromatic heterocycles.